The molecule has 0 aliphatic carbocycles. The Hall–Kier alpha value is -3.36. The van der Waals surface area contributed by atoms with Crippen molar-refractivity contribution in [2.45, 2.75) is 44.0 Å². The van der Waals surface area contributed by atoms with Crippen molar-refractivity contribution in [2.75, 3.05) is 19.5 Å². The van der Waals surface area contributed by atoms with Crippen LogP contribution in [-0.2, 0) is 21.2 Å². The average Bonchev–Trinajstić information content (AvgIpc) is 2.84. The van der Waals surface area contributed by atoms with Crippen molar-refractivity contribution < 1.29 is 22.7 Å². The van der Waals surface area contributed by atoms with Gasteiger partial charge in [0.05, 0.1) is 19.1 Å². The first kappa shape index (κ1) is 26.2. The van der Waals surface area contributed by atoms with Crippen LogP contribution in [0.15, 0.2) is 71.6 Å². The maximum atomic E-state index is 13.5. The van der Waals surface area contributed by atoms with Crippen LogP contribution < -0.4 is 19.5 Å². The Morgan fingerprint density at radius 3 is 2.23 bits per heavy atom. The van der Waals surface area contributed by atoms with Gasteiger partial charge in [0.25, 0.3) is 0 Å². The molecule has 3 rings (SSSR count). The zero-order valence-corrected chi connectivity index (χ0v) is 21.5. The van der Waals surface area contributed by atoms with E-state index in [0.717, 1.165) is 16.7 Å². The number of sulfonamides is 1. The predicted molar refractivity (Wildman–Crippen MR) is 138 cm³/mol. The van der Waals surface area contributed by atoms with Gasteiger partial charge in [-0.15, -0.1) is 0 Å². The lowest BCUT2D eigenvalue weighted by Crippen LogP contribution is -2.45. The number of benzene rings is 3. The topological polar surface area (TPSA) is 93.7 Å². The fraction of sp³-hybridized carbons (Fsp3) is 0.296. The highest BCUT2D eigenvalue weighted by molar-refractivity contribution is 7.89. The van der Waals surface area contributed by atoms with Crippen LogP contribution in [0.4, 0.5) is 5.69 Å². The molecule has 0 heterocycles. The molecule has 2 N–H and O–H groups in total. The fourth-order valence-electron chi connectivity index (χ4n) is 3.83. The third kappa shape index (κ3) is 6.41. The quantitative estimate of drug-likeness (QED) is 0.426. The Labute approximate surface area is 207 Å². The first-order valence-corrected chi connectivity index (χ1v) is 12.8. The first-order valence-electron chi connectivity index (χ1n) is 11.3. The van der Waals surface area contributed by atoms with Crippen molar-refractivity contribution >= 4 is 21.6 Å². The highest BCUT2D eigenvalue weighted by Crippen LogP contribution is 2.30. The van der Waals surface area contributed by atoms with Crippen molar-refractivity contribution in [2.24, 2.45) is 0 Å². The molecule has 0 radical (unpaired) electrons. The van der Waals surface area contributed by atoms with Gasteiger partial charge in [-0.1, -0.05) is 62.4 Å². The second-order valence-corrected chi connectivity index (χ2v) is 10.3. The van der Waals surface area contributed by atoms with E-state index in [9.17, 15) is 13.2 Å². The minimum atomic E-state index is -4.06. The van der Waals surface area contributed by atoms with Gasteiger partial charge in [-0.3, -0.25) is 4.79 Å². The molecule has 35 heavy (non-hydrogen) atoms. The number of carbonyl (C=O) groups excluding carboxylic acids is 1. The summed E-state index contributed by atoms with van der Waals surface area (Å²) in [4.78, 5) is 13.5. The van der Waals surface area contributed by atoms with Crippen LogP contribution in [0.3, 0.4) is 0 Å². The van der Waals surface area contributed by atoms with E-state index in [1.54, 1.807) is 0 Å². The molecule has 7 nitrogen and oxygen atoms in total. The lowest BCUT2D eigenvalue weighted by molar-refractivity contribution is -0.117. The Balaban J connectivity index is 1.96. The molecule has 3 aromatic carbocycles. The molecule has 3 aromatic rings. The largest absolute Gasteiger partial charge is 0.493 e. The van der Waals surface area contributed by atoms with Crippen LogP contribution >= 0.6 is 0 Å². The number of methoxy groups -OCH3 is 2. The molecule has 0 aliphatic heterocycles. The molecule has 0 fully saturated rings. The fourth-order valence-corrected chi connectivity index (χ4v) is 5.04. The lowest BCUT2D eigenvalue weighted by Gasteiger charge is -2.22. The highest BCUT2D eigenvalue weighted by Gasteiger charge is 2.28. The van der Waals surface area contributed by atoms with Gasteiger partial charge in [-0.05, 0) is 48.1 Å². The molecule has 0 saturated heterocycles. The molecule has 1 unspecified atom stereocenters. The Morgan fingerprint density at radius 2 is 1.60 bits per heavy atom. The summed E-state index contributed by atoms with van der Waals surface area (Å²) in [7, 11) is -1.15. The second-order valence-electron chi connectivity index (χ2n) is 8.56. The zero-order valence-electron chi connectivity index (χ0n) is 20.7. The average molecular weight is 497 g/mol. The summed E-state index contributed by atoms with van der Waals surface area (Å²) in [6, 6.07) is 18.4. The lowest BCUT2D eigenvalue weighted by atomic mass is 9.97. The van der Waals surface area contributed by atoms with E-state index in [2.05, 4.69) is 10.0 Å². The van der Waals surface area contributed by atoms with E-state index in [1.807, 2.05) is 69.3 Å². The summed E-state index contributed by atoms with van der Waals surface area (Å²) in [6.07, 6.45) is 0.183. The van der Waals surface area contributed by atoms with Crippen molar-refractivity contribution in [3.05, 3.63) is 83.4 Å². The monoisotopic (exact) mass is 496 g/mol. The Morgan fingerprint density at radius 1 is 0.914 bits per heavy atom. The van der Waals surface area contributed by atoms with E-state index in [1.165, 1.54) is 32.4 Å². The van der Waals surface area contributed by atoms with E-state index in [-0.39, 0.29) is 23.0 Å². The second kappa shape index (κ2) is 11.4. The van der Waals surface area contributed by atoms with Crippen LogP contribution in [-0.4, -0.2) is 34.6 Å². The number of ether oxygens (including phenoxy) is 2. The summed E-state index contributed by atoms with van der Waals surface area (Å²) in [6.45, 7) is 6.01. The normalized spacial score (nSPS) is 12.3. The highest BCUT2D eigenvalue weighted by atomic mass is 32.2. The number of carbonyl (C=O) groups is 1. The molecule has 0 bridgehead atoms. The minimum absolute atomic E-state index is 0.0280. The van der Waals surface area contributed by atoms with Gasteiger partial charge >= 0.3 is 0 Å². The molecule has 0 spiro atoms. The smallest absolute Gasteiger partial charge is 0.242 e. The van der Waals surface area contributed by atoms with Gasteiger partial charge in [0, 0.05) is 11.8 Å². The van der Waals surface area contributed by atoms with Crippen molar-refractivity contribution in [3.63, 3.8) is 0 Å². The third-order valence-electron chi connectivity index (χ3n) is 5.74. The first-order chi connectivity index (χ1) is 16.7. The van der Waals surface area contributed by atoms with Gasteiger partial charge in [-0.2, -0.15) is 4.72 Å². The van der Waals surface area contributed by atoms with Crippen molar-refractivity contribution in [1.29, 1.82) is 0 Å². The SMILES string of the molecule is COc1ccc(S(=O)(=O)NC(Cc2ccccc2)C(=O)Nc2c(C)cccc2C(C)C)cc1OC. The molecule has 8 heteroatoms. The molecule has 0 saturated carbocycles. The molecule has 0 aliphatic rings. The number of hydrogen-bond acceptors (Lipinski definition) is 5. The molecular formula is C27H32N2O5S. The molecule has 1 atom stereocenters. The maximum Gasteiger partial charge on any atom is 0.242 e. The zero-order chi connectivity index (χ0) is 25.6. The molecule has 1 amide bonds. The van der Waals surface area contributed by atoms with Gasteiger partial charge in [0.2, 0.25) is 15.9 Å². The number of amides is 1. The summed E-state index contributed by atoms with van der Waals surface area (Å²) >= 11 is 0. The number of hydrogen-bond donors (Lipinski definition) is 2. The van der Waals surface area contributed by atoms with Gasteiger partial charge in [0.1, 0.15) is 6.04 Å². The predicted octanol–water partition coefficient (Wildman–Crippen LogP) is 4.66. The molecule has 186 valence electrons. The third-order valence-corrected chi connectivity index (χ3v) is 7.21. The Bertz CT molecular complexity index is 1270. The van der Waals surface area contributed by atoms with Crippen LogP contribution in [0.5, 0.6) is 11.5 Å². The standard InChI is InChI=1S/C27H32N2O5S/c1-18(2)22-13-9-10-19(3)26(22)28-27(30)23(16-20-11-7-6-8-12-20)29-35(31,32)21-14-15-24(33-4)25(17-21)34-5/h6-15,17-18,23,29H,16H2,1-5H3,(H,28,30). The number of aryl methyl sites for hydroxylation is 1. The molecule has 0 aromatic heterocycles. The van der Waals surface area contributed by atoms with E-state index >= 15 is 0 Å². The van der Waals surface area contributed by atoms with Crippen LogP contribution in [0.25, 0.3) is 0 Å². The van der Waals surface area contributed by atoms with Gasteiger partial charge in [0.15, 0.2) is 11.5 Å². The van der Waals surface area contributed by atoms with Gasteiger partial charge < -0.3 is 14.8 Å². The van der Waals surface area contributed by atoms with E-state index in [0.29, 0.717) is 11.4 Å². The van der Waals surface area contributed by atoms with Crippen LogP contribution in [0.1, 0.15) is 36.5 Å². The van der Waals surface area contributed by atoms with Gasteiger partial charge in [-0.25, -0.2) is 8.42 Å². The number of rotatable bonds is 10. The summed E-state index contributed by atoms with van der Waals surface area (Å²) in [5.41, 5.74) is 3.43. The van der Waals surface area contributed by atoms with E-state index < -0.39 is 22.0 Å². The maximum absolute atomic E-state index is 13.5. The number of nitrogens with one attached hydrogen (secondary N) is 2. The number of anilines is 1. The van der Waals surface area contributed by atoms with E-state index in [4.69, 9.17) is 9.47 Å². The van der Waals surface area contributed by atoms with Crippen molar-refractivity contribution in [1.82, 2.24) is 4.72 Å². The summed E-state index contributed by atoms with van der Waals surface area (Å²) < 4.78 is 39.7. The summed E-state index contributed by atoms with van der Waals surface area (Å²) in [5.74, 6) is 0.432. The van der Waals surface area contributed by atoms with Crippen LogP contribution in [0, 0.1) is 6.92 Å². The van der Waals surface area contributed by atoms with Crippen LogP contribution in [0.2, 0.25) is 0 Å². The molecular weight excluding hydrogens is 464 g/mol. The Kier molecular flexibility index (Phi) is 8.53. The number of para-hydroxylation sites is 1. The van der Waals surface area contributed by atoms with Crippen molar-refractivity contribution in [3.8, 4) is 11.5 Å². The minimum Gasteiger partial charge on any atom is -0.493 e. The summed E-state index contributed by atoms with van der Waals surface area (Å²) in [5, 5.41) is 2.98.